The summed E-state index contributed by atoms with van der Waals surface area (Å²) in [7, 11) is 0. The van der Waals surface area contributed by atoms with Crippen LogP contribution >= 0.6 is 0 Å². The topological polar surface area (TPSA) is 32.5 Å². The van der Waals surface area contributed by atoms with Gasteiger partial charge >= 0.3 is 0 Å². The van der Waals surface area contributed by atoms with Crippen molar-refractivity contribution in [2.45, 2.75) is 52.0 Å². The molecule has 2 N–H and O–H groups in total. The molecule has 0 aromatic rings. The van der Waals surface area contributed by atoms with Crippen LogP contribution in [0.5, 0.6) is 0 Å². The van der Waals surface area contributed by atoms with Crippen molar-refractivity contribution in [1.82, 2.24) is 9.80 Å². The van der Waals surface area contributed by atoms with Crippen molar-refractivity contribution in [3.8, 4) is 0 Å². The normalized spacial score (nSPS) is 32.4. The summed E-state index contributed by atoms with van der Waals surface area (Å²) in [4.78, 5) is 5.36. The lowest BCUT2D eigenvalue weighted by Gasteiger charge is -2.40. The maximum atomic E-state index is 5.77. The van der Waals surface area contributed by atoms with Crippen molar-refractivity contribution in [3.05, 3.63) is 0 Å². The van der Waals surface area contributed by atoms with E-state index >= 15 is 0 Å². The van der Waals surface area contributed by atoms with Gasteiger partial charge in [-0.15, -0.1) is 0 Å². The van der Waals surface area contributed by atoms with E-state index in [9.17, 15) is 0 Å². The molecule has 0 aromatic carbocycles. The van der Waals surface area contributed by atoms with Crippen molar-refractivity contribution in [2.24, 2.45) is 17.6 Å². The predicted molar refractivity (Wildman–Crippen MR) is 82.3 cm³/mol. The Bertz CT molecular complexity index is 240. The van der Waals surface area contributed by atoms with Crippen molar-refractivity contribution in [1.29, 1.82) is 0 Å². The van der Waals surface area contributed by atoms with Gasteiger partial charge in [-0.2, -0.15) is 0 Å². The van der Waals surface area contributed by atoms with Gasteiger partial charge in [0.05, 0.1) is 0 Å². The van der Waals surface area contributed by atoms with E-state index in [1.54, 1.807) is 0 Å². The average Bonchev–Trinajstić information content (AvgIpc) is 2.48. The fraction of sp³-hybridized carbons (Fsp3) is 1.00. The van der Waals surface area contributed by atoms with Gasteiger partial charge in [0.15, 0.2) is 0 Å². The smallest absolute Gasteiger partial charge is 0.0113 e. The summed E-state index contributed by atoms with van der Waals surface area (Å²) in [6.07, 6.45) is 6.84. The molecule has 2 rings (SSSR count). The monoisotopic (exact) mass is 267 g/mol. The molecule has 3 heteroatoms. The molecule has 0 spiro atoms. The maximum Gasteiger partial charge on any atom is 0.0113 e. The van der Waals surface area contributed by atoms with Gasteiger partial charge in [0, 0.05) is 38.8 Å². The van der Waals surface area contributed by atoms with Gasteiger partial charge in [0.25, 0.3) is 0 Å². The van der Waals surface area contributed by atoms with Crippen LogP contribution in [-0.4, -0.2) is 55.1 Å². The van der Waals surface area contributed by atoms with Gasteiger partial charge < -0.3 is 10.6 Å². The number of nitrogens with zero attached hydrogens (tertiary/aromatic N) is 2. The highest BCUT2D eigenvalue weighted by Crippen LogP contribution is 2.28. The van der Waals surface area contributed by atoms with E-state index < -0.39 is 0 Å². The van der Waals surface area contributed by atoms with Gasteiger partial charge in [-0.05, 0) is 57.4 Å². The van der Waals surface area contributed by atoms with Crippen LogP contribution < -0.4 is 5.73 Å². The first-order chi connectivity index (χ1) is 9.22. The van der Waals surface area contributed by atoms with Crippen LogP contribution in [0.2, 0.25) is 0 Å². The van der Waals surface area contributed by atoms with Crippen LogP contribution in [0.1, 0.15) is 46.0 Å². The summed E-state index contributed by atoms with van der Waals surface area (Å²) < 4.78 is 0. The summed E-state index contributed by atoms with van der Waals surface area (Å²) in [6, 6.07) is 0.766. The SMILES string of the molecule is CCC(C)N1CCN(CC2CCC(CN)CC2)CC1. The average molecular weight is 267 g/mol. The van der Waals surface area contributed by atoms with Gasteiger partial charge in [-0.1, -0.05) is 6.92 Å². The second-order valence-corrected chi connectivity index (χ2v) is 6.72. The van der Waals surface area contributed by atoms with Gasteiger partial charge in [-0.3, -0.25) is 4.90 Å². The fourth-order valence-electron chi connectivity index (χ4n) is 3.66. The highest BCUT2D eigenvalue weighted by Gasteiger charge is 2.25. The summed E-state index contributed by atoms with van der Waals surface area (Å²) >= 11 is 0. The Balaban J connectivity index is 1.66. The molecule has 0 bridgehead atoms. The number of piperazine rings is 1. The Morgan fingerprint density at radius 3 is 2.11 bits per heavy atom. The Hall–Kier alpha value is -0.120. The third kappa shape index (κ3) is 4.44. The maximum absolute atomic E-state index is 5.77. The molecule has 1 atom stereocenters. The van der Waals surface area contributed by atoms with E-state index in [2.05, 4.69) is 23.6 Å². The molecule has 112 valence electrons. The lowest BCUT2D eigenvalue weighted by atomic mass is 9.82. The number of rotatable bonds is 5. The van der Waals surface area contributed by atoms with E-state index in [-0.39, 0.29) is 0 Å². The molecule has 1 aliphatic heterocycles. The number of hydrogen-bond donors (Lipinski definition) is 1. The molecule has 0 radical (unpaired) electrons. The number of hydrogen-bond acceptors (Lipinski definition) is 3. The minimum atomic E-state index is 0.766. The molecular weight excluding hydrogens is 234 g/mol. The second kappa shape index (κ2) is 7.61. The molecule has 1 saturated heterocycles. The van der Waals surface area contributed by atoms with Crippen LogP contribution in [0.25, 0.3) is 0 Å². The Labute approximate surface area is 119 Å². The molecule has 1 saturated carbocycles. The van der Waals surface area contributed by atoms with Crippen molar-refractivity contribution in [2.75, 3.05) is 39.3 Å². The van der Waals surface area contributed by atoms with Gasteiger partial charge in [-0.25, -0.2) is 0 Å². The first kappa shape index (κ1) is 15.3. The van der Waals surface area contributed by atoms with E-state index in [0.29, 0.717) is 0 Å². The standard InChI is InChI=1S/C16H33N3/c1-3-14(2)19-10-8-18(9-11-19)13-16-6-4-15(12-17)5-7-16/h14-16H,3-13,17H2,1-2H3. The van der Waals surface area contributed by atoms with Crippen LogP contribution in [0.4, 0.5) is 0 Å². The quantitative estimate of drug-likeness (QED) is 0.828. The molecule has 0 amide bonds. The van der Waals surface area contributed by atoms with Crippen molar-refractivity contribution >= 4 is 0 Å². The zero-order valence-electron chi connectivity index (χ0n) is 13.0. The Kier molecular flexibility index (Phi) is 6.11. The Morgan fingerprint density at radius 2 is 1.58 bits per heavy atom. The third-order valence-electron chi connectivity index (χ3n) is 5.44. The van der Waals surface area contributed by atoms with Crippen molar-refractivity contribution < 1.29 is 0 Å². The fourth-order valence-corrected chi connectivity index (χ4v) is 3.66. The van der Waals surface area contributed by atoms with Crippen molar-refractivity contribution in [3.63, 3.8) is 0 Å². The summed E-state index contributed by atoms with van der Waals surface area (Å²) in [6.45, 7) is 12.0. The highest BCUT2D eigenvalue weighted by molar-refractivity contribution is 4.80. The molecule has 0 aromatic heterocycles. The molecule has 19 heavy (non-hydrogen) atoms. The molecule has 1 aliphatic carbocycles. The van der Waals surface area contributed by atoms with Gasteiger partial charge in [0.2, 0.25) is 0 Å². The molecule has 1 heterocycles. The zero-order valence-corrected chi connectivity index (χ0v) is 13.0. The van der Waals surface area contributed by atoms with Crippen LogP contribution in [0, 0.1) is 11.8 Å². The third-order valence-corrected chi connectivity index (χ3v) is 5.44. The van der Waals surface area contributed by atoms with E-state index in [0.717, 1.165) is 24.4 Å². The first-order valence-electron chi connectivity index (χ1n) is 8.39. The highest BCUT2D eigenvalue weighted by atomic mass is 15.3. The number of nitrogens with two attached hydrogens (primary N) is 1. The molecule has 2 aliphatic rings. The minimum absolute atomic E-state index is 0.766. The van der Waals surface area contributed by atoms with Crippen LogP contribution in [-0.2, 0) is 0 Å². The van der Waals surface area contributed by atoms with Crippen LogP contribution in [0.15, 0.2) is 0 Å². The predicted octanol–water partition coefficient (Wildman–Crippen LogP) is 2.17. The zero-order chi connectivity index (χ0) is 13.7. The summed E-state index contributed by atoms with van der Waals surface area (Å²) in [5.74, 6) is 1.76. The minimum Gasteiger partial charge on any atom is -0.330 e. The summed E-state index contributed by atoms with van der Waals surface area (Å²) in [5, 5.41) is 0. The van der Waals surface area contributed by atoms with Crippen LogP contribution in [0.3, 0.4) is 0 Å². The second-order valence-electron chi connectivity index (χ2n) is 6.72. The van der Waals surface area contributed by atoms with E-state index in [1.165, 1.54) is 64.8 Å². The molecule has 1 unspecified atom stereocenters. The molecule has 2 fully saturated rings. The lowest BCUT2D eigenvalue weighted by Crippen LogP contribution is -2.50. The molecule has 3 nitrogen and oxygen atoms in total. The largest absolute Gasteiger partial charge is 0.330 e. The summed E-state index contributed by atoms with van der Waals surface area (Å²) in [5.41, 5.74) is 5.77. The first-order valence-corrected chi connectivity index (χ1v) is 8.39. The Morgan fingerprint density at radius 1 is 1.00 bits per heavy atom. The molecular formula is C16H33N3. The lowest BCUT2D eigenvalue weighted by molar-refractivity contribution is 0.0818. The van der Waals surface area contributed by atoms with E-state index in [4.69, 9.17) is 5.73 Å². The van der Waals surface area contributed by atoms with E-state index in [1.807, 2.05) is 0 Å². The van der Waals surface area contributed by atoms with Gasteiger partial charge in [0.1, 0.15) is 0 Å².